The topological polar surface area (TPSA) is 49.3 Å². The number of methoxy groups -OCH3 is 1. The zero-order valence-electron chi connectivity index (χ0n) is 18.3. The van der Waals surface area contributed by atoms with Gasteiger partial charge in [-0.15, -0.1) is 24.0 Å². The second kappa shape index (κ2) is 15.7. The Morgan fingerprint density at radius 2 is 1.90 bits per heavy atom. The Bertz CT molecular complexity index is 551. The predicted molar refractivity (Wildman–Crippen MR) is 133 cm³/mol. The van der Waals surface area contributed by atoms with Crippen molar-refractivity contribution >= 4 is 35.6 Å². The van der Waals surface area contributed by atoms with E-state index in [1.807, 2.05) is 0 Å². The van der Waals surface area contributed by atoms with Crippen molar-refractivity contribution in [2.45, 2.75) is 38.7 Å². The number of hydrogen-bond acceptors (Lipinski definition) is 4. The van der Waals surface area contributed by atoms with Gasteiger partial charge in [0, 0.05) is 65.8 Å². The van der Waals surface area contributed by atoms with Crippen LogP contribution in [-0.2, 0) is 9.47 Å². The lowest BCUT2D eigenvalue weighted by molar-refractivity contribution is 0.00991. The number of halogens is 1. The van der Waals surface area contributed by atoms with Crippen molar-refractivity contribution in [2.24, 2.45) is 4.99 Å². The summed E-state index contributed by atoms with van der Waals surface area (Å²) >= 11 is 0. The third-order valence-corrected chi connectivity index (χ3v) is 5.03. The van der Waals surface area contributed by atoms with E-state index in [-0.39, 0.29) is 24.0 Å². The fraction of sp³-hybridized carbons (Fsp3) is 0.682. The number of benzene rings is 1. The number of nitrogens with one attached hydrogen (secondary N) is 1. The fourth-order valence-corrected chi connectivity index (χ4v) is 3.42. The molecular formula is C22H39IN4O2. The molecule has 166 valence electrons. The van der Waals surface area contributed by atoms with Crippen molar-refractivity contribution < 1.29 is 9.47 Å². The predicted octanol–water partition coefficient (Wildman–Crippen LogP) is 3.61. The van der Waals surface area contributed by atoms with E-state index < -0.39 is 0 Å². The molecule has 0 saturated carbocycles. The Hall–Kier alpha value is -1.06. The molecule has 1 aliphatic heterocycles. The summed E-state index contributed by atoms with van der Waals surface area (Å²) in [7, 11) is 3.88. The van der Waals surface area contributed by atoms with E-state index >= 15 is 0 Å². The number of hydrogen-bond donors (Lipinski definition) is 1. The minimum Gasteiger partial charge on any atom is -0.385 e. The largest absolute Gasteiger partial charge is 0.385 e. The average Bonchev–Trinajstić information content (AvgIpc) is 2.74. The van der Waals surface area contributed by atoms with Crippen molar-refractivity contribution in [2.75, 3.05) is 65.0 Å². The summed E-state index contributed by atoms with van der Waals surface area (Å²) in [5.74, 6) is 1.04. The molecule has 1 N–H and O–H groups in total. The summed E-state index contributed by atoms with van der Waals surface area (Å²) in [6, 6.07) is 10.5. The Kier molecular flexibility index (Phi) is 14.1. The Morgan fingerprint density at radius 1 is 1.17 bits per heavy atom. The Morgan fingerprint density at radius 3 is 2.55 bits per heavy atom. The standard InChI is InChI=1S/C22H38N4O2.HI/c1-4-23-22(24-14-8-15-25(2)20-10-6-5-7-11-20)26-16-12-21(13-17-26)28-19-9-18-27-3;/h5-7,10-11,21H,4,8-9,12-19H2,1-3H3,(H,23,24);1H. The van der Waals surface area contributed by atoms with E-state index in [1.54, 1.807) is 7.11 Å². The first-order valence-corrected chi connectivity index (χ1v) is 10.6. The normalized spacial score (nSPS) is 15.1. The molecule has 1 heterocycles. The first-order valence-electron chi connectivity index (χ1n) is 10.6. The fourth-order valence-electron chi connectivity index (χ4n) is 3.42. The second-order valence-electron chi connectivity index (χ2n) is 7.25. The summed E-state index contributed by atoms with van der Waals surface area (Å²) in [6.45, 7) is 8.45. The molecule has 0 bridgehead atoms. The molecule has 1 aromatic rings. The van der Waals surface area contributed by atoms with Crippen molar-refractivity contribution in [3.05, 3.63) is 30.3 Å². The average molecular weight is 518 g/mol. The van der Waals surface area contributed by atoms with Crippen molar-refractivity contribution in [3.63, 3.8) is 0 Å². The highest BCUT2D eigenvalue weighted by Gasteiger charge is 2.21. The number of guanidine groups is 1. The van der Waals surface area contributed by atoms with E-state index in [0.717, 1.165) is 77.6 Å². The van der Waals surface area contributed by atoms with Crippen LogP contribution in [0.15, 0.2) is 35.3 Å². The molecule has 2 rings (SSSR count). The SMILES string of the molecule is CCNC(=NCCCN(C)c1ccccc1)N1CCC(OCCCOC)CC1.I. The number of aliphatic imine (C=N–C) groups is 1. The zero-order valence-corrected chi connectivity index (χ0v) is 20.6. The minimum atomic E-state index is 0. The van der Waals surface area contributed by atoms with Crippen LogP contribution >= 0.6 is 24.0 Å². The van der Waals surface area contributed by atoms with Crippen molar-refractivity contribution in [1.29, 1.82) is 0 Å². The van der Waals surface area contributed by atoms with Gasteiger partial charge in [-0.05, 0) is 44.7 Å². The molecule has 0 spiro atoms. The maximum atomic E-state index is 5.97. The lowest BCUT2D eigenvalue weighted by atomic mass is 10.1. The maximum Gasteiger partial charge on any atom is 0.193 e. The maximum absolute atomic E-state index is 5.97. The van der Waals surface area contributed by atoms with Gasteiger partial charge in [0.25, 0.3) is 0 Å². The van der Waals surface area contributed by atoms with E-state index in [9.17, 15) is 0 Å². The van der Waals surface area contributed by atoms with Crippen LogP contribution in [0.3, 0.4) is 0 Å². The molecule has 1 aliphatic rings. The molecule has 0 radical (unpaired) electrons. The molecule has 1 fully saturated rings. The molecule has 29 heavy (non-hydrogen) atoms. The van der Waals surface area contributed by atoms with Crippen molar-refractivity contribution in [3.8, 4) is 0 Å². The molecule has 7 heteroatoms. The van der Waals surface area contributed by atoms with Crippen LogP contribution < -0.4 is 10.2 Å². The lowest BCUT2D eigenvalue weighted by Gasteiger charge is -2.34. The van der Waals surface area contributed by atoms with E-state index in [2.05, 4.69) is 59.4 Å². The van der Waals surface area contributed by atoms with E-state index in [1.165, 1.54) is 5.69 Å². The van der Waals surface area contributed by atoms with Gasteiger partial charge in [0.2, 0.25) is 0 Å². The highest BCUT2D eigenvalue weighted by atomic mass is 127. The number of likely N-dealkylation sites (tertiary alicyclic amines) is 1. The number of piperidine rings is 1. The molecular weight excluding hydrogens is 479 g/mol. The van der Waals surface area contributed by atoms with Crippen molar-refractivity contribution in [1.82, 2.24) is 10.2 Å². The van der Waals surface area contributed by atoms with Crippen LogP contribution in [0.25, 0.3) is 0 Å². The number of para-hydroxylation sites is 1. The number of nitrogens with zero attached hydrogens (tertiary/aromatic N) is 3. The minimum absolute atomic E-state index is 0. The van der Waals surface area contributed by atoms with Crippen LogP contribution in [0.2, 0.25) is 0 Å². The van der Waals surface area contributed by atoms with Gasteiger partial charge >= 0.3 is 0 Å². The Balaban J connectivity index is 0.00000420. The molecule has 0 aromatic heterocycles. The van der Waals surface area contributed by atoms with E-state index in [4.69, 9.17) is 14.5 Å². The highest BCUT2D eigenvalue weighted by molar-refractivity contribution is 14.0. The van der Waals surface area contributed by atoms with Gasteiger partial charge in [0.15, 0.2) is 5.96 Å². The zero-order chi connectivity index (χ0) is 20.0. The number of rotatable bonds is 11. The monoisotopic (exact) mass is 518 g/mol. The molecule has 0 aliphatic carbocycles. The lowest BCUT2D eigenvalue weighted by Crippen LogP contribution is -2.47. The van der Waals surface area contributed by atoms with Crippen LogP contribution in [0.5, 0.6) is 0 Å². The summed E-state index contributed by atoms with van der Waals surface area (Å²) < 4.78 is 11.0. The quantitative estimate of drug-likeness (QED) is 0.210. The first-order chi connectivity index (χ1) is 13.7. The number of ether oxygens (including phenoxy) is 2. The third kappa shape index (κ3) is 10.00. The van der Waals surface area contributed by atoms with Gasteiger partial charge in [-0.1, -0.05) is 18.2 Å². The molecule has 0 amide bonds. The number of anilines is 1. The molecule has 1 aromatic carbocycles. The van der Waals surface area contributed by atoms with Crippen LogP contribution in [0.4, 0.5) is 5.69 Å². The summed E-state index contributed by atoms with van der Waals surface area (Å²) in [5, 5.41) is 3.45. The summed E-state index contributed by atoms with van der Waals surface area (Å²) in [4.78, 5) is 9.52. The van der Waals surface area contributed by atoms with Crippen LogP contribution in [0.1, 0.15) is 32.6 Å². The summed E-state index contributed by atoms with van der Waals surface area (Å²) in [5.41, 5.74) is 1.26. The van der Waals surface area contributed by atoms with Gasteiger partial charge in [-0.25, -0.2) is 0 Å². The third-order valence-electron chi connectivity index (χ3n) is 5.03. The molecule has 0 atom stereocenters. The first kappa shape index (κ1) is 26.0. The summed E-state index contributed by atoms with van der Waals surface area (Å²) in [6.07, 6.45) is 4.51. The van der Waals surface area contributed by atoms with Gasteiger partial charge < -0.3 is 24.6 Å². The van der Waals surface area contributed by atoms with Gasteiger partial charge in [-0.3, -0.25) is 4.99 Å². The van der Waals surface area contributed by atoms with Crippen LogP contribution in [0, 0.1) is 0 Å². The molecule has 6 nitrogen and oxygen atoms in total. The van der Waals surface area contributed by atoms with Gasteiger partial charge in [-0.2, -0.15) is 0 Å². The highest BCUT2D eigenvalue weighted by Crippen LogP contribution is 2.14. The second-order valence-corrected chi connectivity index (χ2v) is 7.25. The Labute approximate surface area is 194 Å². The smallest absolute Gasteiger partial charge is 0.193 e. The van der Waals surface area contributed by atoms with E-state index in [0.29, 0.717) is 6.10 Å². The molecule has 0 unspecified atom stereocenters. The van der Waals surface area contributed by atoms with Gasteiger partial charge in [0.1, 0.15) is 0 Å². The van der Waals surface area contributed by atoms with Crippen LogP contribution in [-0.4, -0.2) is 77.1 Å². The molecule has 1 saturated heterocycles. The van der Waals surface area contributed by atoms with Gasteiger partial charge in [0.05, 0.1) is 6.10 Å².